The van der Waals surface area contributed by atoms with E-state index in [0.29, 0.717) is 42.9 Å². The van der Waals surface area contributed by atoms with Crippen LogP contribution in [0.4, 0.5) is 0 Å². The molecule has 0 amide bonds. The third-order valence-electron chi connectivity index (χ3n) is 3.32. The molecule has 1 heterocycles. The van der Waals surface area contributed by atoms with Crippen LogP contribution in [0.15, 0.2) is 33.8 Å². The Morgan fingerprint density at radius 2 is 2.04 bits per heavy atom. The molecule has 1 aromatic carbocycles. The summed E-state index contributed by atoms with van der Waals surface area (Å²) < 4.78 is 10.3. The largest absolute Gasteiger partial charge is 0.385 e. The summed E-state index contributed by atoms with van der Waals surface area (Å²) in [5, 5.41) is 11.1. The Morgan fingerprint density at radius 3 is 2.73 bits per heavy atom. The number of halogens is 2. The van der Waals surface area contributed by atoms with Crippen molar-refractivity contribution < 1.29 is 9.26 Å². The van der Waals surface area contributed by atoms with Crippen molar-refractivity contribution in [2.24, 2.45) is 4.99 Å². The molecule has 0 atom stereocenters. The van der Waals surface area contributed by atoms with Crippen LogP contribution in [0.5, 0.6) is 0 Å². The van der Waals surface area contributed by atoms with Gasteiger partial charge in [-0.25, -0.2) is 0 Å². The fraction of sp³-hybridized carbons (Fsp3) is 0.471. The van der Waals surface area contributed by atoms with Gasteiger partial charge in [0.2, 0.25) is 11.7 Å². The van der Waals surface area contributed by atoms with Crippen LogP contribution in [0.25, 0.3) is 11.4 Å². The number of nitrogens with zero attached hydrogens (tertiary/aromatic N) is 3. The van der Waals surface area contributed by atoms with Gasteiger partial charge in [-0.05, 0) is 37.6 Å². The zero-order chi connectivity index (χ0) is 17.9. The van der Waals surface area contributed by atoms with Crippen molar-refractivity contribution in [1.82, 2.24) is 20.8 Å². The normalized spacial score (nSPS) is 11.1. The van der Waals surface area contributed by atoms with Crippen LogP contribution >= 0.6 is 35.6 Å². The van der Waals surface area contributed by atoms with Crippen LogP contribution in [0, 0.1) is 0 Å². The molecule has 7 nitrogen and oxygen atoms in total. The Labute approximate surface area is 176 Å². The maximum Gasteiger partial charge on any atom is 0.228 e. The van der Waals surface area contributed by atoms with Crippen molar-refractivity contribution in [1.29, 1.82) is 0 Å². The minimum absolute atomic E-state index is 0. The topological polar surface area (TPSA) is 84.6 Å². The predicted molar refractivity (Wildman–Crippen MR) is 114 cm³/mol. The molecule has 0 saturated carbocycles. The van der Waals surface area contributed by atoms with E-state index >= 15 is 0 Å². The van der Waals surface area contributed by atoms with Gasteiger partial charge in [0.1, 0.15) is 0 Å². The SMILES string of the molecule is CCNC(=NCCCOC)NCCc1nc(-c2ccc(Cl)cc2)no1.I. The quantitative estimate of drug-likeness (QED) is 0.242. The van der Waals surface area contributed by atoms with Crippen LogP contribution in [0.3, 0.4) is 0 Å². The fourth-order valence-corrected chi connectivity index (χ4v) is 2.23. The van der Waals surface area contributed by atoms with Gasteiger partial charge in [0.25, 0.3) is 0 Å². The van der Waals surface area contributed by atoms with Crippen LogP contribution in [0.1, 0.15) is 19.2 Å². The number of aromatic nitrogens is 2. The minimum Gasteiger partial charge on any atom is -0.385 e. The van der Waals surface area contributed by atoms with Gasteiger partial charge in [0.05, 0.1) is 0 Å². The Balaban J connectivity index is 0.00000338. The van der Waals surface area contributed by atoms with Crippen LogP contribution in [0.2, 0.25) is 5.02 Å². The molecule has 0 aliphatic heterocycles. The van der Waals surface area contributed by atoms with Crippen LogP contribution in [-0.2, 0) is 11.2 Å². The first-order valence-corrected chi connectivity index (χ1v) is 8.70. The van der Waals surface area contributed by atoms with Gasteiger partial charge in [0.15, 0.2) is 5.96 Å². The van der Waals surface area contributed by atoms with Crippen LogP contribution in [-0.4, -0.2) is 49.5 Å². The molecule has 2 rings (SSSR count). The van der Waals surface area contributed by atoms with E-state index < -0.39 is 0 Å². The molecule has 1 aromatic heterocycles. The summed E-state index contributed by atoms with van der Waals surface area (Å²) >= 11 is 5.89. The van der Waals surface area contributed by atoms with E-state index in [2.05, 4.69) is 25.8 Å². The fourth-order valence-electron chi connectivity index (χ4n) is 2.10. The van der Waals surface area contributed by atoms with E-state index in [1.54, 1.807) is 19.2 Å². The molecule has 0 bridgehead atoms. The summed E-state index contributed by atoms with van der Waals surface area (Å²) in [6.07, 6.45) is 1.50. The van der Waals surface area contributed by atoms with E-state index in [0.717, 1.165) is 24.5 Å². The lowest BCUT2D eigenvalue weighted by Gasteiger charge is -2.10. The molecule has 0 radical (unpaired) electrons. The van der Waals surface area contributed by atoms with Gasteiger partial charge in [-0.2, -0.15) is 4.98 Å². The van der Waals surface area contributed by atoms with E-state index in [9.17, 15) is 0 Å². The number of aliphatic imine (C=N–C) groups is 1. The number of hydrogen-bond donors (Lipinski definition) is 2. The number of nitrogens with one attached hydrogen (secondary N) is 2. The van der Waals surface area contributed by atoms with E-state index in [-0.39, 0.29) is 24.0 Å². The highest BCUT2D eigenvalue weighted by Gasteiger charge is 2.08. The van der Waals surface area contributed by atoms with Gasteiger partial charge >= 0.3 is 0 Å². The third-order valence-corrected chi connectivity index (χ3v) is 3.57. The Morgan fingerprint density at radius 1 is 1.27 bits per heavy atom. The molecule has 2 N–H and O–H groups in total. The van der Waals surface area contributed by atoms with E-state index in [1.807, 2.05) is 19.1 Å². The molecule has 0 spiro atoms. The van der Waals surface area contributed by atoms with E-state index in [1.165, 1.54) is 0 Å². The van der Waals surface area contributed by atoms with Crippen molar-refractivity contribution in [2.45, 2.75) is 19.8 Å². The lowest BCUT2D eigenvalue weighted by molar-refractivity contribution is 0.197. The Hall–Kier alpha value is -1.39. The second-order valence-corrected chi connectivity index (χ2v) is 5.74. The number of methoxy groups -OCH3 is 1. The van der Waals surface area contributed by atoms with Gasteiger partial charge in [-0.15, -0.1) is 24.0 Å². The number of rotatable bonds is 9. The zero-order valence-electron chi connectivity index (χ0n) is 15.0. The Bertz CT molecular complexity index is 663. The zero-order valence-corrected chi connectivity index (χ0v) is 18.1. The maximum atomic E-state index is 5.89. The summed E-state index contributed by atoms with van der Waals surface area (Å²) in [5.74, 6) is 1.91. The second-order valence-electron chi connectivity index (χ2n) is 5.30. The second kappa shape index (κ2) is 12.9. The molecule has 9 heteroatoms. The lowest BCUT2D eigenvalue weighted by atomic mass is 10.2. The number of benzene rings is 1. The molecule has 0 saturated heterocycles. The summed E-state index contributed by atoms with van der Waals surface area (Å²) in [4.78, 5) is 8.88. The number of ether oxygens (including phenoxy) is 1. The third kappa shape index (κ3) is 7.88. The summed E-state index contributed by atoms with van der Waals surface area (Å²) in [6, 6.07) is 7.34. The van der Waals surface area contributed by atoms with Crippen molar-refractivity contribution in [2.75, 3.05) is 33.4 Å². The lowest BCUT2D eigenvalue weighted by Crippen LogP contribution is -2.38. The van der Waals surface area contributed by atoms with Crippen molar-refractivity contribution >= 4 is 41.5 Å². The number of guanidine groups is 1. The van der Waals surface area contributed by atoms with Gasteiger partial charge in [0, 0.05) is 50.4 Å². The first-order valence-electron chi connectivity index (χ1n) is 8.32. The molecule has 0 fully saturated rings. The highest BCUT2D eigenvalue weighted by molar-refractivity contribution is 14.0. The standard InChI is InChI=1S/C17H24ClN5O2.HI/c1-3-19-17(20-10-4-12-24-2)21-11-9-15-22-16(23-25-15)13-5-7-14(18)8-6-13;/h5-8H,3-4,9-12H2,1-2H3,(H2,19,20,21);1H. The molecular formula is C17H25ClIN5O2. The van der Waals surface area contributed by atoms with Gasteiger partial charge < -0.3 is 19.9 Å². The monoisotopic (exact) mass is 493 g/mol. The molecule has 0 unspecified atom stereocenters. The highest BCUT2D eigenvalue weighted by atomic mass is 127. The molecule has 2 aromatic rings. The van der Waals surface area contributed by atoms with Gasteiger partial charge in [-0.1, -0.05) is 16.8 Å². The Kier molecular flexibility index (Phi) is 11.2. The predicted octanol–water partition coefficient (Wildman–Crippen LogP) is 3.14. The summed E-state index contributed by atoms with van der Waals surface area (Å²) in [7, 11) is 1.69. The highest BCUT2D eigenvalue weighted by Crippen LogP contribution is 2.18. The molecule has 144 valence electrons. The average Bonchev–Trinajstić information content (AvgIpc) is 3.08. The average molecular weight is 494 g/mol. The number of hydrogen-bond acceptors (Lipinski definition) is 5. The summed E-state index contributed by atoms with van der Waals surface area (Å²) in [5.41, 5.74) is 0.875. The molecular weight excluding hydrogens is 469 g/mol. The smallest absolute Gasteiger partial charge is 0.228 e. The first kappa shape index (κ1) is 22.7. The minimum atomic E-state index is 0. The molecule has 0 aliphatic rings. The van der Waals surface area contributed by atoms with E-state index in [4.69, 9.17) is 20.9 Å². The molecule has 26 heavy (non-hydrogen) atoms. The van der Waals surface area contributed by atoms with Gasteiger partial charge in [-0.3, -0.25) is 4.99 Å². The van der Waals surface area contributed by atoms with Crippen LogP contribution < -0.4 is 10.6 Å². The van der Waals surface area contributed by atoms with Crippen molar-refractivity contribution in [3.8, 4) is 11.4 Å². The summed E-state index contributed by atoms with van der Waals surface area (Å²) in [6.45, 7) is 4.90. The molecule has 0 aliphatic carbocycles. The van der Waals surface area contributed by atoms with Crippen molar-refractivity contribution in [3.05, 3.63) is 35.2 Å². The first-order chi connectivity index (χ1) is 12.2. The maximum absolute atomic E-state index is 5.89. The van der Waals surface area contributed by atoms with Crippen molar-refractivity contribution in [3.63, 3.8) is 0 Å².